The van der Waals surface area contributed by atoms with Crippen LogP contribution in [0.15, 0.2) is 0 Å². The van der Waals surface area contributed by atoms with Crippen LogP contribution in [0.5, 0.6) is 0 Å². The molecule has 86 valence electrons. The Labute approximate surface area is 82.9 Å². The Morgan fingerprint density at radius 1 is 1.13 bits per heavy atom. The first-order valence-corrected chi connectivity index (χ1v) is 5.23. The van der Waals surface area contributed by atoms with Crippen LogP contribution in [0.3, 0.4) is 0 Å². The van der Waals surface area contributed by atoms with E-state index < -0.39 is 37.6 Å². The fourth-order valence-corrected chi connectivity index (χ4v) is 1.09. The first kappa shape index (κ1) is 13.6. The van der Waals surface area contributed by atoms with Crippen LogP contribution < -0.4 is 5.32 Å². The van der Waals surface area contributed by atoms with Crippen LogP contribution in [0.4, 0.5) is 0 Å². The molecule has 1 amide bonds. The van der Waals surface area contributed by atoms with Gasteiger partial charge in [-0.15, -0.1) is 0 Å². The van der Waals surface area contributed by atoms with Crippen LogP contribution >= 0.6 is 7.60 Å². The third-order valence-electron chi connectivity index (χ3n) is 1.15. The predicted octanol–water partition coefficient (Wildman–Crippen LogP) is -2.18. The number of carboxylic acids is 2. The summed E-state index contributed by atoms with van der Waals surface area (Å²) in [5, 5.41) is 18.0. The summed E-state index contributed by atoms with van der Waals surface area (Å²) in [6.07, 6.45) is -1.26. The number of carboxylic acid groups (broad SMARTS) is 2. The van der Waals surface area contributed by atoms with E-state index in [-0.39, 0.29) is 0 Å². The summed E-state index contributed by atoms with van der Waals surface area (Å²) in [5.41, 5.74) is 0. The van der Waals surface area contributed by atoms with Gasteiger partial charge >= 0.3 is 19.5 Å². The van der Waals surface area contributed by atoms with E-state index in [9.17, 15) is 18.9 Å². The van der Waals surface area contributed by atoms with Gasteiger partial charge in [0.05, 0.1) is 0 Å². The van der Waals surface area contributed by atoms with Gasteiger partial charge in [0.2, 0.25) is 11.9 Å². The molecule has 0 fully saturated rings. The minimum absolute atomic E-state index is 1.26. The van der Waals surface area contributed by atoms with Crippen molar-refractivity contribution in [2.24, 2.45) is 0 Å². The van der Waals surface area contributed by atoms with Crippen LogP contribution in [0.25, 0.3) is 0 Å². The monoisotopic (exact) mass is 241 g/mol. The fraction of sp³-hybridized carbons (Fsp3) is 0.400. The second-order valence-corrected chi connectivity index (χ2v) is 4.15. The Hall–Kier alpha value is -1.44. The molecule has 0 spiro atoms. The Balaban J connectivity index is 4.44. The maximum Gasteiger partial charge on any atom is 0.338 e. The zero-order valence-corrected chi connectivity index (χ0v) is 8.05. The minimum atomic E-state index is -4.64. The predicted molar refractivity (Wildman–Crippen MR) is 44.1 cm³/mol. The molecule has 0 heterocycles. The minimum Gasteiger partial charge on any atom is -0.479 e. The number of nitrogens with one attached hydrogen (secondary N) is 1. The van der Waals surface area contributed by atoms with Crippen molar-refractivity contribution in [3.8, 4) is 0 Å². The maximum absolute atomic E-state index is 10.7. The lowest BCUT2D eigenvalue weighted by molar-refractivity contribution is -0.152. The number of carbonyl (C=O) groups excluding carboxylic acids is 1. The first-order chi connectivity index (χ1) is 6.63. The molecule has 9 nitrogen and oxygen atoms in total. The number of amides is 1. The fourth-order valence-electron chi connectivity index (χ4n) is 0.623. The van der Waals surface area contributed by atoms with E-state index in [4.69, 9.17) is 20.0 Å². The molecule has 0 saturated carbocycles. The molecule has 10 heteroatoms. The quantitative estimate of drug-likeness (QED) is 0.268. The lowest BCUT2D eigenvalue weighted by Gasteiger charge is -2.10. The summed E-state index contributed by atoms with van der Waals surface area (Å²) in [6.45, 7) is 0. The summed E-state index contributed by atoms with van der Waals surface area (Å²) in [6, 6.07) is -2.22. The maximum atomic E-state index is 10.7. The molecule has 0 aromatic heterocycles. The van der Waals surface area contributed by atoms with Crippen molar-refractivity contribution in [1.82, 2.24) is 5.32 Å². The van der Waals surface area contributed by atoms with Crippen molar-refractivity contribution >= 4 is 25.4 Å². The van der Waals surface area contributed by atoms with Crippen LogP contribution in [-0.2, 0) is 18.9 Å². The lowest BCUT2D eigenvalue weighted by atomic mass is 10.3. The van der Waals surface area contributed by atoms with E-state index in [2.05, 4.69) is 0 Å². The van der Waals surface area contributed by atoms with Gasteiger partial charge in [-0.3, -0.25) is 9.36 Å². The van der Waals surface area contributed by atoms with E-state index in [1.54, 1.807) is 0 Å². The third kappa shape index (κ3) is 5.78. The van der Waals surface area contributed by atoms with Crippen molar-refractivity contribution < 1.29 is 38.9 Å². The molecule has 0 aliphatic carbocycles. The van der Waals surface area contributed by atoms with E-state index in [1.165, 1.54) is 5.32 Å². The molecule has 0 radical (unpaired) electrons. The molecule has 15 heavy (non-hydrogen) atoms. The molecule has 0 aromatic carbocycles. The summed E-state index contributed by atoms with van der Waals surface area (Å²) < 4.78 is 10.3. The molecule has 0 rings (SSSR count). The molecule has 0 aromatic rings. The molecule has 0 atom stereocenters. The van der Waals surface area contributed by atoms with Crippen molar-refractivity contribution in [3.63, 3.8) is 0 Å². The van der Waals surface area contributed by atoms with E-state index >= 15 is 0 Å². The highest BCUT2D eigenvalue weighted by Gasteiger charge is 2.29. The standard InChI is InChI=1S/C5H8NO8P/c7-2(1-15(12,13)14)6-3(4(8)9)5(10)11/h3H,1H2,(H,6,7)(H,8,9)(H,10,11)(H2,12,13,14). The van der Waals surface area contributed by atoms with Crippen molar-refractivity contribution in [3.05, 3.63) is 0 Å². The van der Waals surface area contributed by atoms with E-state index in [1.807, 2.05) is 0 Å². The van der Waals surface area contributed by atoms with Gasteiger partial charge in [-0.1, -0.05) is 0 Å². The SMILES string of the molecule is O=C(CP(=O)(O)O)NC(C(=O)O)C(=O)O. The molecule has 0 aliphatic heterocycles. The molecule has 0 bridgehead atoms. The van der Waals surface area contributed by atoms with Gasteiger partial charge in [0, 0.05) is 0 Å². The summed E-state index contributed by atoms with van der Waals surface area (Å²) in [4.78, 5) is 47.9. The summed E-state index contributed by atoms with van der Waals surface area (Å²) >= 11 is 0. The Bertz CT molecular complexity index is 318. The first-order valence-electron chi connectivity index (χ1n) is 3.43. The summed E-state index contributed by atoms with van der Waals surface area (Å²) in [5.74, 6) is -5.01. The van der Waals surface area contributed by atoms with Crippen molar-refractivity contribution in [2.45, 2.75) is 6.04 Å². The number of aliphatic carboxylic acids is 2. The number of hydrogen-bond acceptors (Lipinski definition) is 4. The Morgan fingerprint density at radius 3 is 1.80 bits per heavy atom. The molecule has 5 N–H and O–H groups in total. The number of hydrogen-bond donors (Lipinski definition) is 5. The molecule has 0 unspecified atom stereocenters. The Morgan fingerprint density at radius 2 is 1.53 bits per heavy atom. The average molecular weight is 241 g/mol. The van der Waals surface area contributed by atoms with Gasteiger partial charge in [-0.05, 0) is 0 Å². The van der Waals surface area contributed by atoms with Crippen molar-refractivity contribution in [1.29, 1.82) is 0 Å². The van der Waals surface area contributed by atoms with Gasteiger partial charge in [0.1, 0.15) is 6.16 Å². The van der Waals surface area contributed by atoms with E-state index in [0.29, 0.717) is 0 Å². The number of rotatable bonds is 5. The zero-order valence-electron chi connectivity index (χ0n) is 7.15. The molecule has 0 saturated heterocycles. The van der Waals surface area contributed by atoms with Gasteiger partial charge < -0.3 is 25.3 Å². The smallest absolute Gasteiger partial charge is 0.338 e. The number of carbonyl (C=O) groups is 3. The van der Waals surface area contributed by atoms with Crippen LogP contribution in [0.1, 0.15) is 0 Å². The molecular weight excluding hydrogens is 233 g/mol. The largest absolute Gasteiger partial charge is 0.479 e. The highest BCUT2D eigenvalue weighted by atomic mass is 31.2. The van der Waals surface area contributed by atoms with E-state index in [0.717, 1.165) is 0 Å². The van der Waals surface area contributed by atoms with Crippen LogP contribution in [-0.4, -0.2) is 50.0 Å². The van der Waals surface area contributed by atoms with Gasteiger partial charge in [0.25, 0.3) is 0 Å². The third-order valence-corrected chi connectivity index (χ3v) is 1.85. The topological polar surface area (TPSA) is 161 Å². The second-order valence-electron chi connectivity index (χ2n) is 2.50. The van der Waals surface area contributed by atoms with Crippen LogP contribution in [0, 0.1) is 0 Å². The van der Waals surface area contributed by atoms with Gasteiger partial charge in [-0.2, -0.15) is 0 Å². The normalized spacial score (nSPS) is 11.1. The highest BCUT2D eigenvalue weighted by Crippen LogP contribution is 2.33. The summed E-state index contributed by atoms with van der Waals surface area (Å²) in [7, 11) is -4.64. The Kier molecular flexibility index (Phi) is 4.40. The second kappa shape index (κ2) is 4.87. The van der Waals surface area contributed by atoms with Crippen molar-refractivity contribution in [2.75, 3.05) is 6.16 Å². The molecular formula is C5H8NO8P. The van der Waals surface area contributed by atoms with Crippen LogP contribution in [0.2, 0.25) is 0 Å². The lowest BCUT2D eigenvalue weighted by Crippen LogP contribution is -2.47. The highest BCUT2D eigenvalue weighted by molar-refractivity contribution is 7.52. The van der Waals surface area contributed by atoms with Gasteiger partial charge in [0.15, 0.2) is 0 Å². The molecule has 0 aliphatic rings. The zero-order chi connectivity index (χ0) is 12.2. The average Bonchev–Trinajstić information content (AvgIpc) is 1.95. The van der Waals surface area contributed by atoms with Gasteiger partial charge in [-0.25, -0.2) is 9.59 Å².